The third-order valence-corrected chi connectivity index (χ3v) is 9.99. The summed E-state index contributed by atoms with van der Waals surface area (Å²) in [6, 6.07) is 26.0. The number of fused-ring (bicyclic) bond motifs is 2. The molecular formula is C46H52ClN5O6. The maximum absolute atomic E-state index is 13.3. The molecule has 0 saturated carbocycles. The Balaban J connectivity index is 0.000000223. The topological polar surface area (TPSA) is 124 Å². The van der Waals surface area contributed by atoms with Crippen molar-refractivity contribution < 1.29 is 19.1 Å². The van der Waals surface area contributed by atoms with Gasteiger partial charge < -0.3 is 25.0 Å². The van der Waals surface area contributed by atoms with Crippen LogP contribution in [0.25, 0.3) is 32.9 Å². The van der Waals surface area contributed by atoms with Crippen LogP contribution in [0, 0.1) is 13.8 Å². The van der Waals surface area contributed by atoms with Crippen LogP contribution in [0.5, 0.6) is 11.5 Å². The van der Waals surface area contributed by atoms with E-state index >= 15 is 0 Å². The van der Waals surface area contributed by atoms with Crippen molar-refractivity contribution in [3.8, 4) is 22.9 Å². The van der Waals surface area contributed by atoms with Crippen LogP contribution >= 0.6 is 11.6 Å². The molecule has 0 unspecified atom stereocenters. The lowest BCUT2D eigenvalue weighted by Crippen LogP contribution is -2.30. The molecule has 0 fully saturated rings. The van der Waals surface area contributed by atoms with Gasteiger partial charge in [-0.1, -0.05) is 24.3 Å². The monoisotopic (exact) mass is 805 g/mol. The highest BCUT2D eigenvalue weighted by Crippen LogP contribution is 2.23. The van der Waals surface area contributed by atoms with Gasteiger partial charge in [0, 0.05) is 49.2 Å². The smallest absolute Gasteiger partial charge is 0.263 e. The number of rotatable bonds is 14. The highest BCUT2D eigenvalue weighted by molar-refractivity contribution is 6.18. The highest BCUT2D eigenvalue weighted by Gasteiger charge is 2.14. The molecular weight excluding hydrogens is 754 g/mol. The van der Waals surface area contributed by atoms with Crippen molar-refractivity contribution >= 4 is 45.0 Å². The Kier molecular flexibility index (Phi) is 14.9. The summed E-state index contributed by atoms with van der Waals surface area (Å²) >= 11 is 5.66. The van der Waals surface area contributed by atoms with E-state index in [0.717, 1.165) is 28.4 Å². The number of ether oxygens (including phenoxy) is 2. The molecule has 4 aromatic carbocycles. The van der Waals surface area contributed by atoms with Crippen LogP contribution in [-0.2, 0) is 0 Å². The van der Waals surface area contributed by atoms with Gasteiger partial charge in [0.25, 0.3) is 22.9 Å². The normalized spacial score (nSPS) is 11.1. The Morgan fingerprint density at radius 2 is 1.12 bits per heavy atom. The van der Waals surface area contributed by atoms with Gasteiger partial charge in [-0.25, -0.2) is 0 Å². The van der Waals surface area contributed by atoms with Crippen molar-refractivity contribution in [3.63, 3.8) is 0 Å². The average Bonchev–Trinajstić information content (AvgIpc) is 3.21. The number of hydrogen-bond donors (Lipinski definition) is 2. The van der Waals surface area contributed by atoms with Gasteiger partial charge >= 0.3 is 0 Å². The summed E-state index contributed by atoms with van der Waals surface area (Å²) in [6.45, 7) is 14.7. The number of alkyl halides is 1. The van der Waals surface area contributed by atoms with Crippen molar-refractivity contribution in [1.82, 2.24) is 24.7 Å². The molecule has 2 aromatic heterocycles. The zero-order chi connectivity index (χ0) is 41.9. The van der Waals surface area contributed by atoms with Crippen LogP contribution in [0.2, 0.25) is 0 Å². The second kappa shape index (κ2) is 20.0. The molecule has 6 aromatic rings. The summed E-state index contributed by atoms with van der Waals surface area (Å²) in [4.78, 5) is 53.0. The van der Waals surface area contributed by atoms with Gasteiger partial charge in [-0.3, -0.25) is 28.3 Å². The van der Waals surface area contributed by atoms with Crippen molar-refractivity contribution in [2.24, 2.45) is 0 Å². The first-order valence-corrected chi connectivity index (χ1v) is 20.0. The summed E-state index contributed by atoms with van der Waals surface area (Å²) < 4.78 is 14.6. The number of aryl methyl sites for hydroxylation is 2. The summed E-state index contributed by atoms with van der Waals surface area (Å²) in [6.07, 6.45) is 3.49. The quantitative estimate of drug-likeness (QED) is 0.110. The lowest BCUT2D eigenvalue weighted by Gasteiger charge is -2.20. The first-order valence-electron chi connectivity index (χ1n) is 19.5. The van der Waals surface area contributed by atoms with E-state index in [4.69, 9.17) is 21.1 Å². The molecule has 0 saturated heterocycles. The van der Waals surface area contributed by atoms with Crippen LogP contribution in [-0.4, -0.2) is 77.7 Å². The molecule has 11 nitrogen and oxygen atoms in total. The first kappa shape index (κ1) is 43.2. The average molecular weight is 806 g/mol. The number of aromatic nitrogens is 2. The number of pyridine rings is 2. The largest absolute Gasteiger partial charge is 0.492 e. The Bertz CT molecular complexity index is 2530. The third kappa shape index (κ3) is 10.3. The Hall–Kier alpha value is -5.91. The first-order chi connectivity index (χ1) is 27.9. The van der Waals surface area contributed by atoms with Crippen molar-refractivity contribution in [2.75, 3.05) is 45.8 Å². The van der Waals surface area contributed by atoms with E-state index in [-0.39, 0.29) is 22.9 Å². The molecule has 0 aliphatic heterocycles. The van der Waals surface area contributed by atoms with E-state index in [2.05, 4.69) is 36.4 Å². The fourth-order valence-corrected chi connectivity index (χ4v) is 6.34. The van der Waals surface area contributed by atoms with Crippen LogP contribution < -0.4 is 31.2 Å². The van der Waals surface area contributed by atoms with Crippen molar-refractivity contribution in [3.05, 3.63) is 140 Å². The number of carbonyl (C=O) groups excluding carboxylic acids is 2. The third-order valence-electron chi connectivity index (χ3n) is 9.83. The number of halogens is 1. The Morgan fingerprint density at radius 1 is 0.672 bits per heavy atom. The minimum Gasteiger partial charge on any atom is -0.492 e. The number of amides is 2. The molecule has 0 spiro atoms. The van der Waals surface area contributed by atoms with Gasteiger partial charge in [-0.15, -0.1) is 11.6 Å². The number of benzene rings is 4. The van der Waals surface area contributed by atoms with Gasteiger partial charge in [0.1, 0.15) is 24.7 Å². The second-order valence-electron chi connectivity index (χ2n) is 14.2. The van der Waals surface area contributed by atoms with Gasteiger partial charge in [0.15, 0.2) is 0 Å². The van der Waals surface area contributed by atoms with Crippen molar-refractivity contribution in [1.29, 1.82) is 0 Å². The molecule has 6 rings (SSSR count). The zero-order valence-corrected chi connectivity index (χ0v) is 35.0. The zero-order valence-electron chi connectivity index (χ0n) is 34.2. The number of nitrogens with one attached hydrogen (secondary N) is 2. The molecule has 0 bridgehead atoms. The molecule has 0 atom stereocenters. The van der Waals surface area contributed by atoms with Gasteiger partial charge in [-0.05, 0) is 131 Å². The number of carbonyl (C=O) groups is 2. The van der Waals surface area contributed by atoms with Crippen LogP contribution in [0.3, 0.4) is 0 Å². The lowest BCUT2D eigenvalue weighted by atomic mass is 10.1. The van der Waals surface area contributed by atoms with E-state index in [9.17, 15) is 19.2 Å². The summed E-state index contributed by atoms with van der Waals surface area (Å²) in [5, 5.41) is 8.39. The van der Waals surface area contributed by atoms with E-state index in [0.29, 0.717) is 83.0 Å². The van der Waals surface area contributed by atoms with E-state index in [1.165, 1.54) is 0 Å². The Labute approximate surface area is 344 Å². The number of nitrogens with zero attached hydrogens (tertiary/aromatic N) is 3. The standard InChI is InChI=1S/C25H31N3O3.C21H21ClN2O3/c1-6-26-24(29)20-8-7-18(4)23(15-20)28-12-11-19-9-10-21(16-22(19)25(28)30)31-14-13-27(5)17(2)3;1-3-23-20(25)16-5-4-14(2)19(12-16)24-10-8-15-6-7-17(27-11-9-22)13-18(15)21(24)26/h7-12,15-17H,6,13-14H2,1-5H3,(H,26,29);4-8,10,12-13H,3,9,11H2,1-2H3,(H,23,25). The van der Waals surface area contributed by atoms with Gasteiger partial charge in [0.05, 0.1) is 28.0 Å². The summed E-state index contributed by atoms with van der Waals surface area (Å²) in [7, 11) is 2.06. The molecule has 2 N–H and O–H groups in total. The summed E-state index contributed by atoms with van der Waals surface area (Å²) in [5.74, 6) is 1.34. The lowest BCUT2D eigenvalue weighted by molar-refractivity contribution is 0.0947. The number of likely N-dealkylation sites (N-methyl/N-ethyl adjacent to an activating group) is 1. The van der Waals surface area contributed by atoms with Gasteiger partial charge in [0.2, 0.25) is 0 Å². The minimum atomic E-state index is -0.167. The fourth-order valence-electron chi connectivity index (χ4n) is 6.26. The fraction of sp³-hybridized carbons (Fsp3) is 0.304. The predicted octanol–water partition coefficient (Wildman–Crippen LogP) is 7.43. The van der Waals surface area contributed by atoms with Crippen LogP contribution in [0.1, 0.15) is 59.5 Å². The maximum atomic E-state index is 13.3. The van der Waals surface area contributed by atoms with E-state index < -0.39 is 0 Å². The maximum Gasteiger partial charge on any atom is 0.263 e. The number of hydrogen-bond acceptors (Lipinski definition) is 7. The molecule has 58 heavy (non-hydrogen) atoms. The molecule has 2 amide bonds. The SMILES string of the molecule is CCNC(=O)c1ccc(C)c(-n2ccc3ccc(OCCCl)cc3c2=O)c1.CCNC(=O)c1ccc(C)c(-n2ccc3ccc(OCCN(C)C(C)C)cc3c2=O)c1. The van der Waals surface area contributed by atoms with Crippen LogP contribution in [0.15, 0.2) is 107 Å². The molecule has 0 aliphatic carbocycles. The Morgan fingerprint density at radius 3 is 1.53 bits per heavy atom. The van der Waals surface area contributed by atoms with Crippen LogP contribution in [0.4, 0.5) is 0 Å². The molecule has 2 heterocycles. The molecule has 0 radical (unpaired) electrons. The molecule has 304 valence electrons. The predicted molar refractivity (Wildman–Crippen MR) is 234 cm³/mol. The molecule has 12 heteroatoms. The van der Waals surface area contributed by atoms with E-state index in [1.807, 2.05) is 76.2 Å². The molecule has 0 aliphatic rings. The van der Waals surface area contributed by atoms with E-state index in [1.54, 1.807) is 57.9 Å². The van der Waals surface area contributed by atoms with Crippen molar-refractivity contribution in [2.45, 2.75) is 47.6 Å². The second-order valence-corrected chi connectivity index (χ2v) is 14.5. The minimum absolute atomic E-state index is 0.140. The highest BCUT2D eigenvalue weighted by atomic mass is 35.5. The summed E-state index contributed by atoms with van der Waals surface area (Å²) in [5.41, 5.74) is 3.93. The van der Waals surface area contributed by atoms with Gasteiger partial charge in [-0.2, -0.15) is 0 Å².